The highest BCUT2D eigenvalue weighted by molar-refractivity contribution is 7.86. The Hall–Kier alpha value is -4.49. The van der Waals surface area contributed by atoms with Crippen LogP contribution in [0.1, 0.15) is 11.3 Å². The van der Waals surface area contributed by atoms with Crippen molar-refractivity contribution in [2.24, 2.45) is 7.05 Å². The molecule has 206 valence electrons. The number of benzene rings is 2. The number of aromatic nitrogens is 4. The van der Waals surface area contributed by atoms with E-state index < -0.39 is 34.5 Å². The largest absolute Gasteiger partial charge is 0.433 e. The number of alkyl halides is 3. The fraction of sp³-hybridized carbons (Fsp3) is 0.148. The van der Waals surface area contributed by atoms with Gasteiger partial charge in [0, 0.05) is 30.6 Å². The normalized spacial score (nSPS) is 12.1. The van der Waals surface area contributed by atoms with Crippen molar-refractivity contribution in [3.8, 4) is 22.5 Å². The summed E-state index contributed by atoms with van der Waals surface area (Å²) in [4.78, 5) is 16.8. The van der Waals surface area contributed by atoms with Gasteiger partial charge in [0.15, 0.2) is 0 Å². The first-order valence-corrected chi connectivity index (χ1v) is 13.3. The Kier molecular flexibility index (Phi) is 6.94. The Bertz CT molecular complexity index is 1810. The molecule has 1 amide bonds. The number of imidazole rings is 1. The number of anilines is 1. The van der Waals surface area contributed by atoms with Crippen LogP contribution in [0.5, 0.6) is 0 Å². The molecule has 40 heavy (non-hydrogen) atoms. The molecule has 0 saturated heterocycles. The molecule has 5 rings (SSSR count). The zero-order chi connectivity index (χ0) is 28.7. The van der Waals surface area contributed by atoms with Crippen LogP contribution in [-0.4, -0.2) is 40.1 Å². The standard InChI is InChI=1S/C27H22F3N5O4S/c1-17-3-10-21(11-4-17)40(37,38)39-16-26(36)31-20-9-12-25-32-23(15-35(25)14-20)19-7-5-18(6-8-19)22-13-24(27(28,29)30)34(2)33-22/h3-15H,16H2,1-2H3,(H,31,36). The molecule has 3 heterocycles. The maximum absolute atomic E-state index is 13.1. The van der Waals surface area contributed by atoms with Gasteiger partial charge in [-0.15, -0.1) is 0 Å². The Balaban J connectivity index is 1.26. The molecular formula is C27H22F3N5O4S. The van der Waals surface area contributed by atoms with Crippen molar-refractivity contribution in [1.82, 2.24) is 19.2 Å². The van der Waals surface area contributed by atoms with Crippen LogP contribution in [0.3, 0.4) is 0 Å². The number of hydrogen-bond donors (Lipinski definition) is 1. The first-order chi connectivity index (χ1) is 18.9. The number of carbonyl (C=O) groups is 1. The van der Waals surface area contributed by atoms with Crippen LogP contribution in [0, 0.1) is 6.92 Å². The van der Waals surface area contributed by atoms with E-state index in [1.807, 2.05) is 6.92 Å². The molecule has 0 saturated carbocycles. The number of carbonyl (C=O) groups excluding carboxylic acids is 1. The molecule has 3 aromatic heterocycles. The van der Waals surface area contributed by atoms with Gasteiger partial charge in [-0.2, -0.15) is 26.7 Å². The lowest BCUT2D eigenvalue weighted by Crippen LogP contribution is -2.21. The summed E-state index contributed by atoms with van der Waals surface area (Å²) in [5.74, 6) is -0.658. The summed E-state index contributed by atoms with van der Waals surface area (Å²) in [5.41, 5.74) is 3.06. The van der Waals surface area contributed by atoms with E-state index in [1.54, 1.807) is 65.3 Å². The summed E-state index contributed by atoms with van der Waals surface area (Å²) in [6.45, 7) is 1.12. The number of halogens is 3. The minimum absolute atomic E-state index is 0.0441. The number of pyridine rings is 1. The van der Waals surface area contributed by atoms with Gasteiger partial charge in [-0.3, -0.25) is 13.7 Å². The predicted molar refractivity (Wildman–Crippen MR) is 141 cm³/mol. The minimum atomic E-state index is -4.50. The van der Waals surface area contributed by atoms with E-state index >= 15 is 0 Å². The van der Waals surface area contributed by atoms with Crippen LogP contribution in [0.2, 0.25) is 0 Å². The molecule has 0 aliphatic heterocycles. The van der Waals surface area contributed by atoms with Crippen LogP contribution in [0.25, 0.3) is 28.2 Å². The first kappa shape index (κ1) is 27.1. The lowest BCUT2D eigenvalue weighted by molar-refractivity contribution is -0.143. The summed E-state index contributed by atoms with van der Waals surface area (Å²) in [7, 11) is -2.84. The zero-order valence-corrected chi connectivity index (χ0v) is 22.0. The molecule has 1 N–H and O–H groups in total. The third-order valence-electron chi connectivity index (χ3n) is 6.04. The van der Waals surface area contributed by atoms with Crippen molar-refractivity contribution in [2.75, 3.05) is 11.9 Å². The summed E-state index contributed by atoms with van der Waals surface area (Å²) < 4.78 is 71.3. The van der Waals surface area contributed by atoms with Gasteiger partial charge >= 0.3 is 6.18 Å². The summed E-state index contributed by atoms with van der Waals surface area (Å²) >= 11 is 0. The topological polar surface area (TPSA) is 108 Å². The second-order valence-corrected chi connectivity index (χ2v) is 10.6. The van der Waals surface area contributed by atoms with E-state index in [2.05, 4.69) is 15.4 Å². The average molecular weight is 570 g/mol. The molecular weight excluding hydrogens is 547 g/mol. The van der Waals surface area contributed by atoms with E-state index in [0.29, 0.717) is 22.6 Å². The molecule has 0 aliphatic rings. The van der Waals surface area contributed by atoms with Crippen molar-refractivity contribution in [1.29, 1.82) is 0 Å². The number of nitrogens with zero attached hydrogens (tertiary/aromatic N) is 4. The maximum Gasteiger partial charge on any atom is 0.433 e. The van der Waals surface area contributed by atoms with E-state index in [-0.39, 0.29) is 10.6 Å². The van der Waals surface area contributed by atoms with E-state index in [4.69, 9.17) is 4.18 Å². The fourth-order valence-corrected chi connectivity index (χ4v) is 4.86. The molecule has 0 aliphatic carbocycles. The Labute approximate surface area is 227 Å². The molecule has 9 nitrogen and oxygen atoms in total. The molecule has 5 aromatic rings. The number of nitrogens with one attached hydrogen (secondary N) is 1. The van der Waals surface area contributed by atoms with Gasteiger partial charge in [-0.1, -0.05) is 42.0 Å². The van der Waals surface area contributed by atoms with E-state index in [1.165, 1.54) is 19.2 Å². The quantitative estimate of drug-likeness (QED) is 0.274. The molecule has 0 radical (unpaired) electrons. The van der Waals surface area contributed by atoms with Gasteiger partial charge in [0.05, 0.1) is 22.0 Å². The highest BCUT2D eigenvalue weighted by Crippen LogP contribution is 2.32. The molecule has 13 heteroatoms. The maximum atomic E-state index is 13.1. The second-order valence-electron chi connectivity index (χ2n) is 9.00. The van der Waals surface area contributed by atoms with Crippen molar-refractivity contribution in [3.05, 3.63) is 90.4 Å². The minimum Gasteiger partial charge on any atom is -0.323 e. The highest BCUT2D eigenvalue weighted by Gasteiger charge is 2.35. The SMILES string of the molecule is Cc1ccc(S(=O)(=O)OCC(=O)Nc2ccc3nc(-c4ccc(-c5cc(C(F)(F)F)n(C)n5)cc4)cn3c2)cc1. The number of hydrogen-bond acceptors (Lipinski definition) is 6. The number of aryl methyl sites for hydroxylation is 2. The van der Waals surface area contributed by atoms with Gasteiger partial charge in [0.2, 0.25) is 0 Å². The monoisotopic (exact) mass is 569 g/mol. The fourth-order valence-electron chi connectivity index (χ4n) is 3.99. The van der Waals surface area contributed by atoms with Crippen LogP contribution in [0.15, 0.2) is 84.0 Å². The zero-order valence-electron chi connectivity index (χ0n) is 21.2. The Morgan fingerprint density at radius 2 is 1.60 bits per heavy atom. The molecule has 2 aromatic carbocycles. The Morgan fingerprint density at radius 1 is 0.950 bits per heavy atom. The third kappa shape index (κ3) is 5.75. The smallest absolute Gasteiger partial charge is 0.323 e. The number of fused-ring (bicyclic) bond motifs is 1. The van der Waals surface area contributed by atoms with Gasteiger partial charge in [-0.25, -0.2) is 4.98 Å². The number of rotatable bonds is 7. The molecule has 0 bridgehead atoms. The molecule has 0 spiro atoms. The molecule has 0 atom stereocenters. The Morgan fingerprint density at radius 3 is 2.23 bits per heavy atom. The third-order valence-corrected chi connectivity index (χ3v) is 7.31. The van der Waals surface area contributed by atoms with Crippen molar-refractivity contribution < 1.29 is 30.6 Å². The van der Waals surface area contributed by atoms with Crippen LogP contribution < -0.4 is 5.32 Å². The van der Waals surface area contributed by atoms with Gasteiger partial charge in [-0.05, 0) is 37.3 Å². The van der Waals surface area contributed by atoms with Gasteiger partial charge < -0.3 is 9.72 Å². The lowest BCUT2D eigenvalue weighted by Gasteiger charge is -2.07. The lowest BCUT2D eigenvalue weighted by atomic mass is 10.1. The average Bonchev–Trinajstić information content (AvgIpc) is 3.51. The van der Waals surface area contributed by atoms with Crippen molar-refractivity contribution >= 4 is 27.4 Å². The summed E-state index contributed by atoms with van der Waals surface area (Å²) in [5, 5.41) is 6.56. The van der Waals surface area contributed by atoms with E-state index in [0.717, 1.165) is 21.9 Å². The van der Waals surface area contributed by atoms with Gasteiger partial charge in [0.1, 0.15) is 17.9 Å². The van der Waals surface area contributed by atoms with Crippen molar-refractivity contribution in [2.45, 2.75) is 18.0 Å². The molecule has 0 unspecified atom stereocenters. The first-order valence-electron chi connectivity index (χ1n) is 11.9. The van der Waals surface area contributed by atoms with Crippen LogP contribution >= 0.6 is 0 Å². The van der Waals surface area contributed by atoms with Crippen molar-refractivity contribution in [3.63, 3.8) is 0 Å². The predicted octanol–water partition coefficient (Wildman–Crippen LogP) is 5.07. The molecule has 0 fully saturated rings. The number of amides is 1. The van der Waals surface area contributed by atoms with E-state index in [9.17, 15) is 26.4 Å². The summed E-state index contributed by atoms with van der Waals surface area (Å²) in [6, 6.07) is 17.1. The summed E-state index contributed by atoms with van der Waals surface area (Å²) in [6.07, 6.45) is -1.17. The van der Waals surface area contributed by atoms with Crippen LogP contribution in [-0.2, 0) is 32.3 Å². The highest BCUT2D eigenvalue weighted by atomic mass is 32.2. The van der Waals surface area contributed by atoms with Crippen LogP contribution in [0.4, 0.5) is 18.9 Å². The van der Waals surface area contributed by atoms with Gasteiger partial charge in [0.25, 0.3) is 16.0 Å². The second kappa shape index (κ2) is 10.2.